The lowest BCUT2D eigenvalue weighted by molar-refractivity contribution is 0.187. The molecule has 0 amide bonds. The number of rotatable bonds is 2. The molecule has 1 unspecified atom stereocenters. The Morgan fingerprint density at radius 2 is 2.27 bits per heavy atom. The van der Waals surface area contributed by atoms with Crippen molar-refractivity contribution in [2.45, 2.75) is 6.10 Å². The minimum Gasteiger partial charge on any atom is -0.450 e. The molecule has 80 valence electrons. The van der Waals surface area contributed by atoms with Crippen LogP contribution in [-0.2, 0) is 7.05 Å². The molecule has 4 nitrogen and oxygen atoms in total. The highest BCUT2D eigenvalue weighted by atomic mass is 79.9. The summed E-state index contributed by atoms with van der Waals surface area (Å²) in [5.41, 5.74) is 0.700. The molecule has 0 saturated carbocycles. The monoisotopic (exact) mass is 334 g/mol. The summed E-state index contributed by atoms with van der Waals surface area (Å²) in [4.78, 5) is 0. The Balaban J connectivity index is 2.31. The van der Waals surface area contributed by atoms with Crippen molar-refractivity contribution in [1.29, 1.82) is 0 Å². The zero-order chi connectivity index (χ0) is 11.0. The van der Waals surface area contributed by atoms with E-state index >= 15 is 0 Å². The molecule has 0 aliphatic carbocycles. The first kappa shape index (κ1) is 10.9. The molecule has 0 bridgehead atoms. The van der Waals surface area contributed by atoms with Gasteiger partial charge in [0.25, 0.3) is 0 Å². The molecule has 2 heterocycles. The Labute approximate surface area is 103 Å². The Morgan fingerprint density at radius 3 is 2.73 bits per heavy atom. The highest BCUT2D eigenvalue weighted by Crippen LogP contribution is 2.32. The Bertz CT molecular complexity index is 459. The third-order valence-corrected chi connectivity index (χ3v) is 3.68. The SMILES string of the molecule is Cn1cc(C(O)c2cc(Br)c(Br)o2)cn1. The molecular formula is C9H8Br2N2O2. The van der Waals surface area contributed by atoms with Gasteiger partial charge in [-0.3, -0.25) is 4.68 Å². The van der Waals surface area contributed by atoms with Gasteiger partial charge in [-0.15, -0.1) is 0 Å². The molecule has 0 spiro atoms. The van der Waals surface area contributed by atoms with Gasteiger partial charge < -0.3 is 9.52 Å². The van der Waals surface area contributed by atoms with Gasteiger partial charge in [-0.25, -0.2) is 0 Å². The molecule has 2 rings (SSSR count). The average molecular weight is 336 g/mol. The van der Waals surface area contributed by atoms with Crippen LogP contribution in [0.2, 0.25) is 0 Å². The van der Waals surface area contributed by atoms with E-state index in [1.54, 1.807) is 30.2 Å². The van der Waals surface area contributed by atoms with E-state index in [2.05, 4.69) is 37.0 Å². The Kier molecular flexibility index (Phi) is 2.99. The molecule has 1 N–H and O–H groups in total. The van der Waals surface area contributed by atoms with Gasteiger partial charge in [0.15, 0.2) is 4.67 Å². The summed E-state index contributed by atoms with van der Waals surface area (Å²) in [5.74, 6) is 0.474. The van der Waals surface area contributed by atoms with Gasteiger partial charge in [0.1, 0.15) is 11.9 Å². The van der Waals surface area contributed by atoms with Crippen molar-refractivity contribution in [3.63, 3.8) is 0 Å². The normalized spacial score (nSPS) is 13.1. The van der Waals surface area contributed by atoms with E-state index in [1.807, 2.05) is 0 Å². The summed E-state index contributed by atoms with van der Waals surface area (Å²) in [7, 11) is 1.80. The van der Waals surface area contributed by atoms with Crippen molar-refractivity contribution in [3.8, 4) is 0 Å². The van der Waals surface area contributed by atoms with Crippen LogP contribution in [0.5, 0.6) is 0 Å². The summed E-state index contributed by atoms with van der Waals surface area (Å²) >= 11 is 6.51. The number of hydrogen-bond acceptors (Lipinski definition) is 3. The molecule has 0 aliphatic heterocycles. The fourth-order valence-electron chi connectivity index (χ4n) is 1.24. The van der Waals surface area contributed by atoms with Crippen LogP contribution < -0.4 is 0 Å². The Hall–Kier alpha value is -0.590. The van der Waals surface area contributed by atoms with E-state index in [1.165, 1.54) is 0 Å². The maximum atomic E-state index is 9.95. The van der Waals surface area contributed by atoms with Crippen molar-refractivity contribution in [3.05, 3.63) is 38.9 Å². The lowest BCUT2D eigenvalue weighted by Gasteiger charge is -2.03. The minimum atomic E-state index is -0.790. The van der Waals surface area contributed by atoms with Crippen molar-refractivity contribution in [2.75, 3.05) is 0 Å². The third kappa shape index (κ3) is 2.16. The molecule has 0 fully saturated rings. The molecule has 1 atom stereocenters. The Morgan fingerprint density at radius 1 is 1.53 bits per heavy atom. The quantitative estimate of drug-likeness (QED) is 0.917. The summed E-state index contributed by atoms with van der Waals surface area (Å²) in [5, 5.41) is 13.9. The van der Waals surface area contributed by atoms with Crippen LogP contribution in [-0.4, -0.2) is 14.9 Å². The maximum Gasteiger partial charge on any atom is 0.183 e. The van der Waals surface area contributed by atoms with Gasteiger partial charge in [-0.1, -0.05) is 0 Å². The molecule has 15 heavy (non-hydrogen) atoms. The van der Waals surface area contributed by atoms with Gasteiger partial charge in [0.05, 0.1) is 10.7 Å². The minimum absolute atomic E-state index is 0.474. The second kappa shape index (κ2) is 4.11. The molecule has 0 radical (unpaired) electrons. The van der Waals surface area contributed by atoms with Crippen molar-refractivity contribution >= 4 is 31.9 Å². The number of nitrogens with zero attached hydrogens (tertiary/aromatic N) is 2. The van der Waals surface area contributed by atoms with Crippen LogP contribution in [0.1, 0.15) is 17.4 Å². The van der Waals surface area contributed by atoms with E-state index in [4.69, 9.17) is 4.42 Å². The van der Waals surface area contributed by atoms with E-state index < -0.39 is 6.10 Å². The van der Waals surface area contributed by atoms with Gasteiger partial charge in [-0.2, -0.15) is 5.10 Å². The van der Waals surface area contributed by atoms with Crippen LogP contribution in [0, 0.1) is 0 Å². The van der Waals surface area contributed by atoms with E-state index in [-0.39, 0.29) is 0 Å². The highest BCUT2D eigenvalue weighted by Gasteiger charge is 2.18. The first-order chi connectivity index (χ1) is 7.08. The number of furan rings is 1. The largest absolute Gasteiger partial charge is 0.450 e. The summed E-state index contributed by atoms with van der Waals surface area (Å²) < 4.78 is 8.30. The number of aromatic nitrogens is 2. The zero-order valence-corrected chi connectivity index (χ0v) is 11.0. The second-order valence-corrected chi connectivity index (χ2v) is 4.69. The number of aliphatic hydroxyl groups is 1. The molecule has 2 aromatic rings. The van der Waals surface area contributed by atoms with Gasteiger partial charge in [0.2, 0.25) is 0 Å². The van der Waals surface area contributed by atoms with Crippen molar-refractivity contribution < 1.29 is 9.52 Å². The van der Waals surface area contributed by atoms with Gasteiger partial charge >= 0.3 is 0 Å². The van der Waals surface area contributed by atoms with Crippen LogP contribution in [0.3, 0.4) is 0 Å². The smallest absolute Gasteiger partial charge is 0.183 e. The predicted octanol–water partition coefficient (Wildman–Crippen LogP) is 2.62. The lowest BCUT2D eigenvalue weighted by atomic mass is 10.1. The van der Waals surface area contributed by atoms with Crippen LogP contribution in [0.4, 0.5) is 0 Å². The lowest BCUT2D eigenvalue weighted by Crippen LogP contribution is -1.96. The maximum absolute atomic E-state index is 9.95. The summed E-state index contributed by atoms with van der Waals surface area (Å²) in [6, 6.07) is 1.72. The number of hydrogen-bond donors (Lipinski definition) is 1. The summed E-state index contributed by atoms with van der Waals surface area (Å²) in [6.45, 7) is 0. The van der Waals surface area contributed by atoms with Crippen LogP contribution in [0.25, 0.3) is 0 Å². The van der Waals surface area contributed by atoms with Crippen LogP contribution >= 0.6 is 31.9 Å². The van der Waals surface area contributed by atoms with E-state index in [0.29, 0.717) is 16.0 Å². The predicted molar refractivity (Wildman–Crippen MR) is 61.4 cm³/mol. The van der Waals surface area contributed by atoms with E-state index in [9.17, 15) is 5.11 Å². The highest BCUT2D eigenvalue weighted by molar-refractivity contribution is 9.13. The molecule has 0 aromatic carbocycles. The molecule has 0 saturated heterocycles. The molecule has 6 heteroatoms. The topological polar surface area (TPSA) is 51.2 Å². The number of halogens is 2. The average Bonchev–Trinajstić information content (AvgIpc) is 2.74. The standard InChI is InChI=1S/C9H8Br2N2O2/c1-13-4-5(3-12-13)8(14)7-2-6(10)9(11)15-7/h2-4,8,14H,1H3. The molecule has 0 aliphatic rings. The van der Waals surface area contributed by atoms with Gasteiger partial charge in [0, 0.05) is 18.8 Å². The van der Waals surface area contributed by atoms with Crippen molar-refractivity contribution in [1.82, 2.24) is 9.78 Å². The fraction of sp³-hybridized carbons (Fsp3) is 0.222. The first-order valence-electron chi connectivity index (χ1n) is 4.19. The number of aryl methyl sites for hydroxylation is 1. The second-order valence-electron chi connectivity index (χ2n) is 3.12. The summed E-state index contributed by atoms with van der Waals surface area (Å²) in [6.07, 6.45) is 2.56. The fourth-order valence-corrected chi connectivity index (χ4v) is 1.85. The first-order valence-corrected chi connectivity index (χ1v) is 5.78. The molecule has 2 aromatic heterocycles. The third-order valence-electron chi connectivity index (χ3n) is 1.97. The van der Waals surface area contributed by atoms with Gasteiger partial charge in [-0.05, 0) is 37.9 Å². The van der Waals surface area contributed by atoms with E-state index in [0.717, 1.165) is 4.47 Å². The zero-order valence-electron chi connectivity index (χ0n) is 7.82. The van der Waals surface area contributed by atoms with Crippen molar-refractivity contribution in [2.24, 2.45) is 7.05 Å². The molecular weight excluding hydrogens is 328 g/mol. The van der Waals surface area contributed by atoms with Crippen LogP contribution in [0.15, 0.2) is 32.0 Å². The number of aliphatic hydroxyl groups excluding tert-OH is 1.